The monoisotopic (exact) mass is 230 g/mol. The van der Waals surface area contributed by atoms with E-state index >= 15 is 0 Å². The molecular formula is C14H18N2O. The number of amides is 1. The summed E-state index contributed by atoms with van der Waals surface area (Å²) < 4.78 is 0. The number of nitrogens with zero attached hydrogens (tertiary/aromatic N) is 2. The second kappa shape index (κ2) is 4.58. The maximum atomic E-state index is 11.3. The molecular weight excluding hydrogens is 212 g/mol. The van der Waals surface area contributed by atoms with Crippen LogP contribution in [0.25, 0.3) is 0 Å². The fourth-order valence-electron chi connectivity index (χ4n) is 1.68. The number of carbonyl (C=O) groups is 1. The Morgan fingerprint density at radius 1 is 1.35 bits per heavy atom. The summed E-state index contributed by atoms with van der Waals surface area (Å²) in [4.78, 5) is 12.7. The second-order valence-corrected chi connectivity index (χ2v) is 5.23. The van der Waals surface area contributed by atoms with E-state index in [0.717, 1.165) is 11.3 Å². The molecule has 0 unspecified atom stereocenters. The summed E-state index contributed by atoms with van der Waals surface area (Å²) >= 11 is 0. The molecule has 0 heterocycles. The van der Waals surface area contributed by atoms with Crippen LogP contribution in [0.15, 0.2) is 18.2 Å². The topological polar surface area (TPSA) is 44.1 Å². The Labute approximate surface area is 103 Å². The van der Waals surface area contributed by atoms with Gasteiger partial charge in [-0.1, -0.05) is 32.9 Å². The maximum absolute atomic E-state index is 11.3. The molecule has 0 aromatic heterocycles. The molecule has 0 atom stereocenters. The van der Waals surface area contributed by atoms with Gasteiger partial charge in [-0.2, -0.15) is 5.26 Å². The number of hydrogen-bond donors (Lipinski definition) is 0. The summed E-state index contributed by atoms with van der Waals surface area (Å²) in [6.45, 7) is 8.38. The number of carbonyl (C=O) groups excluding carboxylic acids is 1. The summed E-state index contributed by atoms with van der Waals surface area (Å²) in [6.07, 6.45) is 0. The van der Waals surface area contributed by atoms with E-state index in [2.05, 4.69) is 26.8 Å². The van der Waals surface area contributed by atoms with E-state index in [9.17, 15) is 4.79 Å². The van der Waals surface area contributed by atoms with Crippen LogP contribution in [0, 0.1) is 18.3 Å². The van der Waals surface area contributed by atoms with Crippen molar-refractivity contribution in [1.29, 1.82) is 5.26 Å². The van der Waals surface area contributed by atoms with Gasteiger partial charge in [-0.25, -0.2) is 0 Å². The third kappa shape index (κ3) is 2.85. The molecule has 1 rings (SSSR count). The molecule has 1 aromatic carbocycles. The summed E-state index contributed by atoms with van der Waals surface area (Å²) in [6, 6.07) is 7.59. The predicted octanol–water partition coefficient (Wildman–Crippen LogP) is 2.78. The van der Waals surface area contributed by atoms with Crippen molar-refractivity contribution in [2.24, 2.45) is 0 Å². The van der Waals surface area contributed by atoms with E-state index in [1.807, 2.05) is 19.1 Å². The van der Waals surface area contributed by atoms with E-state index in [0.29, 0.717) is 0 Å². The summed E-state index contributed by atoms with van der Waals surface area (Å²) in [5, 5.41) is 8.60. The molecule has 0 aliphatic rings. The van der Waals surface area contributed by atoms with Crippen molar-refractivity contribution in [3.8, 4) is 6.07 Å². The van der Waals surface area contributed by atoms with Crippen LogP contribution in [0.2, 0.25) is 0 Å². The van der Waals surface area contributed by atoms with Gasteiger partial charge in [-0.3, -0.25) is 4.79 Å². The smallest absolute Gasteiger partial charge is 0.303 e. The number of aryl methyl sites for hydroxylation is 1. The Balaban J connectivity index is 3.16. The van der Waals surface area contributed by atoms with Crippen LogP contribution in [-0.4, -0.2) is 13.0 Å². The van der Waals surface area contributed by atoms with E-state index in [-0.39, 0.29) is 5.41 Å². The van der Waals surface area contributed by atoms with E-state index in [1.165, 1.54) is 10.5 Å². The quantitative estimate of drug-likeness (QED) is 0.696. The van der Waals surface area contributed by atoms with Crippen molar-refractivity contribution in [2.75, 3.05) is 11.9 Å². The highest BCUT2D eigenvalue weighted by Gasteiger charge is 2.17. The highest BCUT2D eigenvalue weighted by atomic mass is 16.2. The first-order valence-electron chi connectivity index (χ1n) is 5.56. The van der Waals surface area contributed by atoms with Crippen molar-refractivity contribution >= 4 is 11.6 Å². The Kier molecular flexibility index (Phi) is 3.57. The minimum absolute atomic E-state index is 0.0844. The highest BCUT2D eigenvalue weighted by molar-refractivity contribution is 6.04. The minimum Gasteiger partial charge on any atom is -0.303 e. The molecule has 90 valence electrons. The Bertz CT molecular complexity index is 478. The number of rotatable bonds is 1. The van der Waals surface area contributed by atoms with Crippen LogP contribution in [0.1, 0.15) is 31.9 Å². The molecule has 1 aromatic rings. The van der Waals surface area contributed by atoms with Crippen molar-refractivity contribution in [1.82, 2.24) is 0 Å². The lowest BCUT2D eigenvalue weighted by Crippen LogP contribution is -2.25. The normalized spacial score (nSPS) is 10.8. The lowest BCUT2D eigenvalue weighted by atomic mass is 9.86. The van der Waals surface area contributed by atoms with E-state index in [4.69, 9.17) is 5.26 Å². The van der Waals surface area contributed by atoms with E-state index < -0.39 is 5.91 Å². The second-order valence-electron chi connectivity index (χ2n) is 5.23. The summed E-state index contributed by atoms with van der Waals surface area (Å²) in [5.74, 6) is -0.545. The van der Waals surface area contributed by atoms with Gasteiger partial charge in [0.25, 0.3) is 0 Å². The van der Waals surface area contributed by atoms with E-state index in [1.54, 1.807) is 13.1 Å². The van der Waals surface area contributed by atoms with Crippen LogP contribution in [0.5, 0.6) is 0 Å². The Morgan fingerprint density at radius 3 is 2.35 bits per heavy atom. The molecule has 0 spiro atoms. The zero-order chi connectivity index (χ0) is 13.2. The number of benzene rings is 1. The number of hydrogen-bond acceptors (Lipinski definition) is 2. The average molecular weight is 230 g/mol. The first-order chi connectivity index (χ1) is 7.77. The van der Waals surface area contributed by atoms with Gasteiger partial charge in [0, 0.05) is 12.7 Å². The van der Waals surface area contributed by atoms with Gasteiger partial charge >= 0.3 is 5.91 Å². The van der Waals surface area contributed by atoms with Crippen LogP contribution < -0.4 is 4.90 Å². The summed E-state index contributed by atoms with van der Waals surface area (Å²) in [7, 11) is 1.62. The maximum Gasteiger partial charge on any atom is 0.329 e. The first-order valence-corrected chi connectivity index (χ1v) is 5.56. The fraction of sp³-hybridized carbons (Fsp3) is 0.429. The average Bonchev–Trinajstić information content (AvgIpc) is 2.25. The molecule has 1 amide bonds. The molecule has 0 aliphatic heterocycles. The van der Waals surface area contributed by atoms with Crippen LogP contribution in [-0.2, 0) is 10.2 Å². The Hall–Kier alpha value is -1.82. The molecule has 0 bridgehead atoms. The van der Waals surface area contributed by atoms with Gasteiger partial charge in [-0.05, 0) is 29.5 Å². The lowest BCUT2D eigenvalue weighted by Gasteiger charge is -2.22. The van der Waals surface area contributed by atoms with Crippen molar-refractivity contribution < 1.29 is 4.79 Å². The number of nitriles is 1. The van der Waals surface area contributed by atoms with Gasteiger partial charge < -0.3 is 4.90 Å². The zero-order valence-corrected chi connectivity index (χ0v) is 11.0. The van der Waals surface area contributed by atoms with Gasteiger partial charge in [-0.15, -0.1) is 0 Å². The molecule has 0 saturated heterocycles. The molecule has 0 radical (unpaired) electrons. The predicted molar refractivity (Wildman–Crippen MR) is 68.9 cm³/mol. The van der Waals surface area contributed by atoms with Gasteiger partial charge in [0.05, 0.1) is 0 Å². The third-order valence-corrected chi connectivity index (χ3v) is 2.82. The largest absolute Gasteiger partial charge is 0.329 e. The lowest BCUT2D eigenvalue weighted by molar-refractivity contribution is -0.113. The fourth-order valence-corrected chi connectivity index (χ4v) is 1.68. The van der Waals surface area contributed by atoms with Gasteiger partial charge in [0.1, 0.15) is 0 Å². The SMILES string of the molecule is Cc1cc(C(C)(C)C)ccc1N(C)C(=O)C#N. The molecule has 0 N–H and O–H groups in total. The first kappa shape index (κ1) is 13.2. The Morgan fingerprint density at radius 2 is 1.94 bits per heavy atom. The third-order valence-electron chi connectivity index (χ3n) is 2.82. The van der Waals surface area contributed by atoms with Gasteiger partial charge in [0.2, 0.25) is 0 Å². The van der Waals surface area contributed by atoms with Crippen LogP contribution in [0.4, 0.5) is 5.69 Å². The summed E-state index contributed by atoms with van der Waals surface area (Å²) in [5.41, 5.74) is 3.09. The minimum atomic E-state index is -0.545. The number of anilines is 1. The van der Waals surface area contributed by atoms with Crippen molar-refractivity contribution in [3.63, 3.8) is 0 Å². The standard InChI is InChI=1S/C14H18N2O/c1-10-8-11(14(2,3)4)6-7-12(10)16(5)13(17)9-15/h6-8H,1-5H3. The molecule has 0 aliphatic carbocycles. The molecule has 3 heteroatoms. The highest BCUT2D eigenvalue weighted by Crippen LogP contribution is 2.27. The molecule has 3 nitrogen and oxygen atoms in total. The molecule has 0 fully saturated rings. The van der Waals surface area contributed by atoms with Gasteiger partial charge in [0.15, 0.2) is 6.07 Å². The van der Waals surface area contributed by atoms with Crippen molar-refractivity contribution in [3.05, 3.63) is 29.3 Å². The zero-order valence-electron chi connectivity index (χ0n) is 11.0. The molecule has 17 heavy (non-hydrogen) atoms. The van der Waals surface area contributed by atoms with Crippen LogP contribution in [0.3, 0.4) is 0 Å². The van der Waals surface area contributed by atoms with Crippen LogP contribution >= 0.6 is 0 Å². The van der Waals surface area contributed by atoms with Crippen molar-refractivity contribution in [2.45, 2.75) is 33.1 Å². The molecule has 0 saturated carbocycles.